The molecule has 6 heteroatoms. The molecule has 1 amide bonds. The molecule has 4 aromatic rings. The van der Waals surface area contributed by atoms with Gasteiger partial charge in [0.2, 0.25) is 0 Å². The molecular weight excluding hydrogens is 405 g/mol. The number of hydrogen-bond donors (Lipinski definition) is 1. The van der Waals surface area contributed by atoms with Gasteiger partial charge < -0.3 is 15.0 Å². The Morgan fingerprint density at radius 2 is 1.84 bits per heavy atom. The number of fused-ring (bicyclic) bond motifs is 1. The largest absolute Gasteiger partial charge is 0.456 e. The first-order valence-electron chi connectivity index (χ1n) is 10.3. The number of anilines is 1. The standard InChI is InChI=1S/C26H24FN3O2/c1-17-21(26(31)29-16-18-6-4-7-19(27)14-18)8-5-9-24(17)32-25-12-13-28-23-15-20(30(2)3)10-11-22(23)25/h4-15H,16H2,1-3H3,(H,29,31). The zero-order valence-electron chi connectivity index (χ0n) is 18.2. The smallest absolute Gasteiger partial charge is 0.251 e. The van der Waals surface area contributed by atoms with E-state index in [1.807, 2.05) is 56.3 Å². The number of hydrogen-bond acceptors (Lipinski definition) is 4. The summed E-state index contributed by atoms with van der Waals surface area (Å²) in [6, 6.07) is 19.4. The number of halogens is 1. The van der Waals surface area contributed by atoms with Crippen molar-refractivity contribution in [2.75, 3.05) is 19.0 Å². The molecule has 1 aromatic heterocycles. The number of nitrogens with zero attached hydrogens (tertiary/aromatic N) is 2. The van der Waals surface area contributed by atoms with Crippen LogP contribution in [0.25, 0.3) is 10.9 Å². The molecule has 1 N–H and O–H groups in total. The van der Waals surface area contributed by atoms with E-state index in [0.29, 0.717) is 22.6 Å². The van der Waals surface area contributed by atoms with E-state index in [4.69, 9.17) is 4.74 Å². The molecule has 5 nitrogen and oxygen atoms in total. The van der Waals surface area contributed by atoms with Crippen molar-refractivity contribution >= 4 is 22.5 Å². The Kier molecular flexibility index (Phi) is 6.03. The minimum absolute atomic E-state index is 0.240. The lowest BCUT2D eigenvalue weighted by atomic mass is 10.1. The van der Waals surface area contributed by atoms with Crippen LogP contribution in [0.4, 0.5) is 10.1 Å². The Bertz CT molecular complexity index is 1290. The van der Waals surface area contributed by atoms with Crippen LogP contribution in [0, 0.1) is 12.7 Å². The molecule has 0 saturated heterocycles. The van der Waals surface area contributed by atoms with Gasteiger partial charge in [-0.3, -0.25) is 9.78 Å². The fourth-order valence-electron chi connectivity index (χ4n) is 3.49. The molecule has 0 saturated carbocycles. The highest BCUT2D eigenvalue weighted by atomic mass is 19.1. The van der Waals surface area contributed by atoms with Crippen LogP contribution in [-0.2, 0) is 6.54 Å². The fraction of sp³-hybridized carbons (Fsp3) is 0.154. The maximum atomic E-state index is 13.4. The molecule has 162 valence electrons. The van der Waals surface area contributed by atoms with E-state index in [-0.39, 0.29) is 18.3 Å². The van der Waals surface area contributed by atoms with E-state index in [0.717, 1.165) is 22.2 Å². The van der Waals surface area contributed by atoms with E-state index in [2.05, 4.69) is 10.3 Å². The normalized spacial score (nSPS) is 10.8. The van der Waals surface area contributed by atoms with Gasteiger partial charge in [0.05, 0.1) is 5.52 Å². The van der Waals surface area contributed by atoms with Crippen molar-refractivity contribution < 1.29 is 13.9 Å². The Labute approximate surface area is 186 Å². The first-order chi connectivity index (χ1) is 15.4. The zero-order chi connectivity index (χ0) is 22.7. The Morgan fingerprint density at radius 3 is 2.62 bits per heavy atom. The molecule has 0 unspecified atom stereocenters. The monoisotopic (exact) mass is 429 g/mol. The van der Waals surface area contributed by atoms with Gasteiger partial charge in [0.15, 0.2) is 0 Å². The van der Waals surface area contributed by atoms with Crippen LogP contribution in [0.1, 0.15) is 21.5 Å². The van der Waals surface area contributed by atoms with Gasteiger partial charge in [0, 0.05) is 49.0 Å². The second-order valence-corrected chi connectivity index (χ2v) is 7.75. The number of aromatic nitrogens is 1. The molecule has 0 aliphatic carbocycles. The number of carbonyl (C=O) groups excluding carboxylic acids is 1. The molecule has 0 aliphatic rings. The second kappa shape index (κ2) is 9.06. The van der Waals surface area contributed by atoms with E-state index in [1.165, 1.54) is 12.1 Å². The average molecular weight is 429 g/mol. The van der Waals surface area contributed by atoms with Crippen LogP contribution < -0.4 is 15.0 Å². The summed E-state index contributed by atoms with van der Waals surface area (Å²) in [6.45, 7) is 2.09. The van der Waals surface area contributed by atoms with Gasteiger partial charge >= 0.3 is 0 Å². The Hall–Kier alpha value is -3.93. The lowest BCUT2D eigenvalue weighted by molar-refractivity contribution is 0.0950. The molecule has 0 bridgehead atoms. The third-order valence-corrected chi connectivity index (χ3v) is 5.29. The summed E-state index contributed by atoms with van der Waals surface area (Å²) in [5.74, 6) is 0.686. The summed E-state index contributed by atoms with van der Waals surface area (Å²) < 4.78 is 19.6. The molecule has 0 spiro atoms. The Balaban J connectivity index is 1.57. The van der Waals surface area contributed by atoms with Crippen molar-refractivity contribution in [3.8, 4) is 11.5 Å². The number of benzene rings is 3. The molecule has 32 heavy (non-hydrogen) atoms. The molecular formula is C26H24FN3O2. The lowest BCUT2D eigenvalue weighted by Crippen LogP contribution is -2.23. The number of ether oxygens (including phenoxy) is 1. The molecule has 0 atom stereocenters. The summed E-state index contributed by atoms with van der Waals surface area (Å²) in [6.07, 6.45) is 1.71. The highest BCUT2D eigenvalue weighted by molar-refractivity contribution is 5.96. The topological polar surface area (TPSA) is 54.5 Å². The van der Waals surface area contributed by atoms with Gasteiger partial charge in [-0.2, -0.15) is 0 Å². The van der Waals surface area contributed by atoms with Gasteiger partial charge in [-0.05, 0) is 61.0 Å². The highest BCUT2D eigenvalue weighted by Crippen LogP contribution is 2.33. The number of pyridine rings is 1. The van der Waals surface area contributed by atoms with Crippen molar-refractivity contribution in [3.05, 3.63) is 95.4 Å². The summed E-state index contributed by atoms with van der Waals surface area (Å²) >= 11 is 0. The molecule has 0 radical (unpaired) electrons. The minimum atomic E-state index is -0.328. The van der Waals surface area contributed by atoms with E-state index in [1.54, 1.807) is 30.5 Å². The van der Waals surface area contributed by atoms with Crippen molar-refractivity contribution in [1.82, 2.24) is 10.3 Å². The molecule has 3 aromatic carbocycles. The summed E-state index contributed by atoms with van der Waals surface area (Å²) in [5.41, 5.74) is 3.81. The molecule has 0 fully saturated rings. The highest BCUT2D eigenvalue weighted by Gasteiger charge is 2.14. The van der Waals surface area contributed by atoms with E-state index in [9.17, 15) is 9.18 Å². The summed E-state index contributed by atoms with van der Waals surface area (Å²) in [7, 11) is 3.96. The van der Waals surface area contributed by atoms with Crippen molar-refractivity contribution in [2.45, 2.75) is 13.5 Å². The molecule has 4 rings (SSSR count). The van der Waals surface area contributed by atoms with Crippen LogP contribution in [0.3, 0.4) is 0 Å². The zero-order valence-corrected chi connectivity index (χ0v) is 18.2. The number of nitrogens with one attached hydrogen (secondary N) is 1. The minimum Gasteiger partial charge on any atom is -0.456 e. The maximum absolute atomic E-state index is 13.4. The van der Waals surface area contributed by atoms with E-state index < -0.39 is 0 Å². The van der Waals surface area contributed by atoms with Crippen molar-refractivity contribution in [3.63, 3.8) is 0 Å². The molecule has 1 heterocycles. The van der Waals surface area contributed by atoms with Crippen LogP contribution in [0.2, 0.25) is 0 Å². The van der Waals surface area contributed by atoms with E-state index >= 15 is 0 Å². The van der Waals surface area contributed by atoms with Crippen molar-refractivity contribution in [2.24, 2.45) is 0 Å². The second-order valence-electron chi connectivity index (χ2n) is 7.75. The number of amides is 1. The predicted octanol–water partition coefficient (Wildman–Crippen LogP) is 5.47. The van der Waals surface area contributed by atoms with Crippen LogP contribution in [0.15, 0.2) is 72.9 Å². The van der Waals surface area contributed by atoms with Gasteiger partial charge in [-0.1, -0.05) is 18.2 Å². The molecule has 0 aliphatic heterocycles. The van der Waals surface area contributed by atoms with Crippen LogP contribution in [0.5, 0.6) is 11.5 Å². The summed E-state index contributed by atoms with van der Waals surface area (Å²) in [5, 5.41) is 3.73. The Morgan fingerprint density at radius 1 is 1.03 bits per heavy atom. The SMILES string of the molecule is Cc1c(Oc2ccnc3cc(N(C)C)ccc23)cccc1C(=O)NCc1cccc(F)c1. The predicted molar refractivity (Wildman–Crippen MR) is 125 cm³/mol. The van der Waals surface area contributed by atoms with Gasteiger partial charge in [-0.15, -0.1) is 0 Å². The van der Waals surface area contributed by atoms with Crippen LogP contribution >= 0.6 is 0 Å². The van der Waals surface area contributed by atoms with Crippen LogP contribution in [-0.4, -0.2) is 25.0 Å². The van der Waals surface area contributed by atoms with Gasteiger partial charge in [0.1, 0.15) is 17.3 Å². The van der Waals surface area contributed by atoms with Gasteiger partial charge in [-0.25, -0.2) is 4.39 Å². The third-order valence-electron chi connectivity index (χ3n) is 5.29. The first kappa shape index (κ1) is 21.3. The lowest BCUT2D eigenvalue weighted by Gasteiger charge is -2.16. The number of carbonyl (C=O) groups is 1. The quantitative estimate of drug-likeness (QED) is 0.442. The third kappa shape index (κ3) is 4.54. The first-order valence-corrected chi connectivity index (χ1v) is 10.3. The average Bonchev–Trinajstić information content (AvgIpc) is 2.78. The number of rotatable bonds is 6. The fourth-order valence-corrected chi connectivity index (χ4v) is 3.49. The van der Waals surface area contributed by atoms with Crippen molar-refractivity contribution in [1.29, 1.82) is 0 Å². The maximum Gasteiger partial charge on any atom is 0.251 e. The van der Waals surface area contributed by atoms with Gasteiger partial charge in [0.25, 0.3) is 5.91 Å². The summed E-state index contributed by atoms with van der Waals surface area (Å²) in [4.78, 5) is 19.2.